The van der Waals surface area contributed by atoms with Crippen molar-refractivity contribution in [3.63, 3.8) is 0 Å². The van der Waals surface area contributed by atoms with Crippen LogP contribution in [0.5, 0.6) is 0 Å². The van der Waals surface area contributed by atoms with E-state index in [2.05, 4.69) is 28.1 Å². The summed E-state index contributed by atoms with van der Waals surface area (Å²) < 4.78 is 7.51. The highest BCUT2D eigenvalue weighted by atomic mass is 79.9. The third-order valence-electron chi connectivity index (χ3n) is 4.37. The summed E-state index contributed by atoms with van der Waals surface area (Å²) in [4.78, 5) is 15.0. The van der Waals surface area contributed by atoms with Gasteiger partial charge in [-0.25, -0.2) is 0 Å². The van der Waals surface area contributed by atoms with E-state index in [-0.39, 0.29) is 5.91 Å². The number of hydrogen-bond donors (Lipinski definition) is 0. The van der Waals surface area contributed by atoms with Gasteiger partial charge in [0.1, 0.15) is 15.8 Å². The van der Waals surface area contributed by atoms with E-state index >= 15 is 0 Å². The zero-order valence-corrected chi connectivity index (χ0v) is 18.0. The van der Waals surface area contributed by atoms with E-state index < -0.39 is 0 Å². The average Bonchev–Trinajstić information content (AvgIpc) is 3.27. The number of hydrogen-bond acceptors (Lipinski definition) is 4. The summed E-state index contributed by atoms with van der Waals surface area (Å²) in [6, 6.07) is 21.8. The minimum Gasteiger partial charge on any atom is -0.457 e. The fraction of sp³-hybridized carbons (Fsp3) is 0.0909. The SMILES string of the molecule is O=C1/C(=C/c2ccc(-c3ccc(Br)cc3)o2)SC(=S)N1CCc1ccccc1. The molecule has 0 saturated carbocycles. The van der Waals surface area contributed by atoms with Crippen LogP contribution in [-0.4, -0.2) is 21.7 Å². The van der Waals surface area contributed by atoms with Gasteiger partial charge in [-0.3, -0.25) is 9.69 Å². The fourth-order valence-corrected chi connectivity index (χ4v) is 4.46. The zero-order chi connectivity index (χ0) is 19.5. The van der Waals surface area contributed by atoms with Crippen molar-refractivity contribution in [3.8, 4) is 11.3 Å². The third-order valence-corrected chi connectivity index (χ3v) is 6.28. The minimum atomic E-state index is -0.0625. The first-order valence-electron chi connectivity index (χ1n) is 8.75. The monoisotopic (exact) mass is 469 g/mol. The van der Waals surface area contributed by atoms with Gasteiger partial charge in [0.15, 0.2) is 0 Å². The number of thiocarbonyl (C=S) groups is 1. The quantitative estimate of drug-likeness (QED) is 0.331. The van der Waals surface area contributed by atoms with Crippen molar-refractivity contribution < 1.29 is 9.21 Å². The van der Waals surface area contributed by atoms with E-state index in [1.54, 1.807) is 11.0 Å². The molecule has 2 aromatic carbocycles. The van der Waals surface area contributed by atoms with Gasteiger partial charge >= 0.3 is 0 Å². The standard InChI is InChI=1S/C22H16BrNO2S2/c23-17-8-6-16(7-9-17)19-11-10-18(26-19)14-20-21(25)24(22(27)28-20)13-12-15-4-2-1-3-5-15/h1-11,14H,12-13H2/b20-14-. The van der Waals surface area contributed by atoms with Crippen molar-refractivity contribution in [2.75, 3.05) is 6.54 Å². The first-order chi connectivity index (χ1) is 13.6. The Morgan fingerprint density at radius 1 is 1.04 bits per heavy atom. The van der Waals surface area contributed by atoms with Gasteiger partial charge in [0.05, 0.1) is 4.91 Å². The number of thioether (sulfide) groups is 1. The molecule has 1 amide bonds. The van der Waals surface area contributed by atoms with Crippen LogP contribution in [0.25, 0.3) is 17.4 Å². The topological polar surface area (TPSA) is 33.5 Å². The molecule has 28 heavy (non-hydrogen) atoms. The van der Waals surface area contributed by atoms with E-state index in [0.29, 0.717) is 21.5 Å². The van der Waals surface area contributed by atoms with Crippen LogP contribution in [-0.2, 0) is 11.2 Å². The van der Waals surface area contributed by atoms with Crippen molar-refractivity contribution in [1.29, 1.82) is 0 Å². The number of halogens is 1. The molecule has 6 heteroatoms. The van der Waals surface area contributed by atoms with Gasteiger partial charge < -0.3 is 4.42 Å². The number of amides is 1. The van der Waals surface area contributed by atoms with Gasteiger partial charge in [-0.1, -0.05) is 82.4 Å². The highest BCUT2D eigenvalue weighted by Crippen LogP contribution is 2.33. The Labute approximate surface area is 181 Å². The molecule has 1 saturated heterocycles. The summed E-state index contributed by atoms with van der Waals surface area (Å²) in [5.41, 5.74) is 2.17. The lowest BCUT2D eigenvalue weighted by atomic mass is 10.1. The first-order valence-corrected chi connectivity index (χ1v) is 10.8. The van der Waals surface area contributed by atoms with Crippen molar-refractivity contribution in [2.24, 2.45) is 0 Å². The Hall–Kier alpha value is -2.15. The maximum Gasteiger partial charge on any atom is 0.266 e. The molecule has 140 valence electrons. The van der Waals surface area contributed by atoms with Gasteiger partial charge in [0.2, 0.25) is 0 Å². The van der Waals surface area contributed by atoms with Crippen LogP contribution >= 0.6 is 39.9 Å². The van der Waals surface area contributed by atoms with E-state index in [0.717, 1.165) is 22.2 Å². The average molecular weight is 470 g/mol. The van der Waals surface area contributed by atoms with Crippen molar-refractivity contribution >= 4 is 56.2 Å². The van der Waals surface area contributed by atoms with Gasteiger partial charge in [-0.05, 0) is 36.2 Å². The van der Waals surface area contributed by atoms with Crippen LogP contribution < -0.4 is 0 Å². The van der Waals surface area contributed by atoms with Crippen LogP contribution in [0.2, 0.25) is 0 Å². The normalized spacial score (nSPS) is 15.6. The molecule has 1 fully saturated rings. The van der Waals surface area contributed by atoms with Gasteiger partial charge in [-0.2, -0.15) is 0 Å². The van der Waals surface area contributed by atoms with Gasteiger partial charge in [-0.15, -0.1) is 0 Å². The van der Waals surface area contributed by atoms with E-state index in [1.165, 1.54) is 17.3 Å². The molecule has 0 radical (unpaired) electrons. The molecule has 1 aromatic heterocycles. The summed E-state index contributed by atoms with van der Waals surface area (Å²) in [7, 11) is 0. The molecule has 0 N–H and O–H groups in total. The molecular formula is C22H16BrNO2S2. The maximum absolute atomic E-state index is 12.8. The number of carbonyl (C=O) groups excluding carboxylic acids is 1. The second kappa shape index (κ2) is 8.47. The molecule has 0 unspecified atom stereocenters. The molecule has 0 atom stereocenters. The molecule has 0 spiro atoms. The predicted octanol–water partition coefficient (Wildman–Crippen LogP) is 6.15. The molecule has 0 bridgehead atoms. The lowest BCUT2D eigenvalue weighted by Gasteiger charge is -2.14. The maximum atomic E-state index is 12.8. The minimum absolute atomic E-state index is 0.0625. The predicted molar refractivity (Wildman–Crippen MR) is 122 cm³/mol. The third kappa shape index (κ3) is 4.29. The number of furan rings is 1. The van der Waals surface area contributed by atoms with Gasteiger partial charge in [0, 0.05) is 22.7 Å². The molecule has 4 rings (SSSR count). The van der Waals surface area contributed by atoms with E-state index in [1.807, 2.05) is 54.6 Å². The lowest BCUT2D eigenvalue weighted by molar-refractivity contribution is -0.122. The summed E-state index contributed by atoms with van der Waals surface area (Å²) in [6.45, 7) is 0.578. The molecule has 3 aromatic rings. The van der Waals surface area contributed by atoms with Crippen LogP contribution in [0.3, 0.4) is 0 Å². The Bertz CT molecular complexity index is 1040. The molecule has 1 aliphatic rings. The van der Waals surface area contributed by atoms with Crippen LogP contribution in [0.15, 0.2) is 80.5 Å². The number of rotatable bonds is 5. The number of carbonyl (C=O) groups is 1. The molecule has 1 aliphatic heterocycles. The van der Waals surface area contributed by atoms with Crippen LogP contribution in [0.4, 0.5) is 0 Å². The Kier molecular flexibility index (Phi) is 5.80. The Balaban J connectivity index is 1.47. The summed E-state index contributed by atoms with van der Waals surface area (Å²) in [5.74, 6) is 1.34. The molecular weight excluding hydrogens is 454 g/mol. The molecule has 3 nitrogen and oxygen atoms in total. The van der Waals surface area contributed by atoms with E-state index in [4.69, 9.17) is 16.6 Å². The number of benzene rings is 2. The molecule has 2 heterocycles. The van der Waals surface area contributed by atoms with Crippen molar-refractivity contribution in [3.05, 3.63) is 87.4 Å². The van der Waals surface area contributed by atoms with Gasteiger partial charge in [0.25, 0.3) is 5.91 Å². The highest BCUT2D eigenvalue weighted by Gasteiger charge is 2.31. The highest BCUT2D eigenvalue weighted by molar-refractivity contribution is 9.10. The second-order valence-electron chi connectivity index (χ2n) is 6.28. The fourth-order valence-electron chi connectivity index (χ4n) is 2.91. The van der Waals surface area contributed by atoms with Crippen molar-refractivity contribution in [2.45, 2.75) is 6.42 Å². The lowest BCUT2D eigenvalue weighted by Crippen LogP contribution is -2.30. The van der Waals surface area contributed by atoms with Crippen LogP contribution in [0.1, 0.15) is 11.3 Å². The zero-order valence-electron chi connectivity index (χ0n) is 14.8. The van der Waals surface area contributed by atoms with E-state index in [9.17, 15) is 4.79 Å². The second-order valence-corrected chi connectivity index (χ2v) is 8.87. The molecule has 0 aliphatic carbocycles. The smallest absolute Gasteiger partial charge is 0.266 e. The Morgan fingerprint density at radius 3 is 2.54 bits per heavy atom. The summed E-state index contributed by atoms with van der Waals surface area (Å²) in [6.07, 6.45) is 2.54. The first kappa shape index (κ1) is 19.2. The Morgan fingerprint density at radius 2 is 1.79 bits per heavy atom. The summed E-state index contributed by atoms with van der Waals surface area (Å²) >= 11 is 10.2. The van der Waals surface area contributed by atoms with Crippen molar-refractivity contribution in [1.82, 2.24) is 4.90 Å². The largest absolute Gasteiger partial charge is 0.457 e. The van der Waals surface area contributed by atoms with Crippen LogP contribution in [0, 0.1) is 0 Å². The number of nitrogens with zero attached hydrogens (tertiary/aromatic N) is 1. The summed E-state index contributed by atoms with van der Waals surface area (Å²) in [5, 5.41) is 0.